The molecule has 3 atom stereocenters. The summed E-state index contributed by atoms with van der Waals surface area (Å²) < 4.78 is 36.6. The summed E-state index contributed by atoms with van der Waals surface area (Å²) >= 11 is 0. The Kier molecular flexibility index (Phi) is 2.47. The fraction of sp³-hybridized carbons (Fsp3) is 1.00. The summed E-state index contributed by atoms with van der Waals surface area (Å²) in [5.74, 6) is 0.288. The fourth-order valence-corrected chi connectivity index (χ4v) is 2.68. The van der Waals surface area contributed by atoms with Gasteiger partial charge in [0.05, 0.1) is 6.54 Å². The maximum absolute atomic E-state index is 12.2. The van der Waals surface area contributed by atoms with Crippen molar-refractivity contribution in [3.63, 3.8) is 0 Å². The first-order valence-electron chi connectivity index (χ1n) is 5.02. The highest BCUT2D eigenvalue weighted by molar-refractivity contribution is 4.95. The lowest BCUT2D eigenvalue weighted by molar-refractivity contribution is -0.147. The van der Waals surface area contributed by atoms with E-state index < -0.39 is 12.7 Å². The molecule has 1 aliphatic carbocycles. The molecule has 2 bridgehead atoms. The van der Waals surface area contributed by atoms with Gasteiger partial charge in [0, 0.05) is 18.6 Å². The van der Waals surface area contributed by atoms with E-state index in [-0.39, 0.29) is 18.0 Å². The SMILES string of the molecule is NC1CCC2CC1CN2CC(F)(F)F. The summed E-state index contributed by atoms with van der Waals surface area (Å²) in [5, 5.41) is 0. The van der Waals surface area contributed by atoms with E-state index in [1.165, 1.54) is 0 Å². The molecule has 2 rings (SSSR count). The number of alkyl halides is 3. The molecule has 1 heterocycles. The van der Waals surface area contributed by atoms with Crippen LogP contribution in [0.4, 0.5) is 13.2 Å². The highest BCUT2D eigenvalue weighted by Crippen LogP contribution is 2.36. The van der Waals surface area contributed by atoms with Gasteiger partial charge < -0.3 is 5.73 Å². The fourth-order valence-electron chi connectivity index (χ4n) is 2.68. The molecule has 0 amide bonds. The standard InChI is InChI=1S/C9H15F3N2/c10-9(11,12)5-14-4-6-3-7(14)1-2-8(6)13/h6-8H,1-5,13H2. The van der Waals surface area contributed by atoms with Crippen molar-refractivity contribution < 1.29 is 13.2 Å². The second-order valence-electron chi connectivity index (χ2n) is 4.44. The average Bonchev–Trinajstić information content (AvgIpc) is 2.35. The number of nitrogens with zero attached hydrogens (tertiary/aromatic N) is 1. The molecular formula is C9H15F3N2. The number of hydrogen-bond donors (Lipinski definition) is 1. The van der Waals surface area contributed by atoms with Crippen LogP contribution in [-0.2, 0) is 0 Å². The third kappa shape index (κ3) is 2.03. The van der Waals surface area contributed by atoms with Crippen LogP contribution in [0.15, 0.2) is 0 Å². The molecule has 1 aliphatic heterocycles. The Labute approximate surface area is 81.2 Å². The quantitative estimate of drug-likeness (QED) is 0.705. The van der Waals surface area contributed by atoms with Crippen LogP contribution in [-0.4, -0.2) is 36.2 Å². The minimum Gasteiger partial charge on any atom is -0.327 e. The van der Waals surface area contributed by atoms with E-state index in [2.05, 4.69) is 0 Å². The maximum atomic E-state index is 12.2. The molecule has 0 aromatic carbocycles. The van der Waals surface area contributed by atoms with Gasteiger partial charge >= 0.3 is 6.18 Å². The van der Waals surface area contributed by atoms with E-state index in [1.54, 1.807) is 4.90 Å². The molecule has 82 valence electrons. The molecule has 1 saturated heterocycles. The van der Waals surface area contributed by atoms with Crippen molar-refractivity contribution in [1.82, 2.24) is 4.90 Å². The zero-order chi connectivity index (χ0) is 10.3. The molecule has 0 aromatic rings. The van der Waals surface area contributed by atoms with Crippen molar-refractivity contribution in [2.45, 2.75) is 37.5 Å². The minimum absolute atomic E-state index is 0.115. The van der Waals surface area contributed by atoms with E-state index in [0.29, 0.717) is 6.54 Å². The Balaban J connectivity index is 1.97. The predicted molar refractivity (Wildman–Crippen MR) is 46.7 cm³/mol. The van der Waals surface area contributed by atoms with Gasteiger partial charge in [0.15, 0.2) is 0 Å². The molecule has 14 heavy (non-hydrogen) atoms. The number of nitrogens with two attached hydrogens (primary N) is 1. The van der Waals surface area contributed by atoms with Gasteiger partial charge in [-0.1, -0.05) is 0 Å². The largest absolute Gasteiger partial charge is 0.401 e. The third-order valence-electron chi connectivity index (χ3n) is 3.38. The molecule has 2 fully saturated rings. The van der Waals surface area contributed by atoms with Crippen LogP contribution < -0.4 is 5.73 Å². The third-order valence-corrected chi connectivity index (χ3v) is 3.38. The first-order valence-corrected chi connectivity index (χ1v) is 5.02. The minimum atomic E-state index is -4.07. The van der Waals surface area contributed by atoms with Crippen LogP contribution >= 0.6 is 0 Å². The number of hydrogen-bond acceptors (Lipinski definition) is 2. The Morgan fingerprint density at radius 3 is 2.57 bits per heavy atom. The van der Waals surface area contributed by atoms with Gasteiger partial charge in [0.2, 0.25) is 0 Å². The lowest BCUT2D eigenvalue weighted by atomic mass is 9.86. The number of halogens is 3. The van der Waals surface area contributed by atoms with Crippen molar-refractivity contribution in [3.8, 4) is 0 Å². The summed E-state index contributed by atoms with van der Waals surface area (Å²) in [6.45, 7) is -0.230. The lowest BCUT2D eigenvalue weighted by Crippen LogP contribution is -2.37. The zero-order valence-corrected chi connectivity index (χ0v) is 7.93. The predicted octanol–water partition coefficient (Wildman–Crippen LogP) is 1.36. The van der Waals surface area contributed by atoms with Gasteiger partial charge in [-0.3, -0.25) is 4.90 Å². The normalized spacial score (nSPS) is 39.0. The smallest absolute Gasteiger partial charge is 0.327 e. The second-order valence-corrected chi connectivity index (χ2v) is 4.44. The molecule has 0 aromatic heterocycles. The molecular weight excluding hydrogens is 193 g/mol. The van der Waals surface area contributed by atoms with Gasteiger partial charge in [-0.25, -0.2) is 0 Å². The van der Waals surface area contributed by atoms with Crippen LogP contribution in [0.2, 0.25) is 0 Å². The van der Waals surface area contributed by atoms with Gasteiger partial charge in [-0.2, -0.15) is 13.2 Å². The van der Waals surface area contributed by atoms with E-state index in [0.717, 1.165) is 19.3 Å². The molecule has 0 radical (unpaired) electrons. The van der Waals surface area contributed by atoms with Crippen molar-refractivity contribution in [2.75, 3.05) is 13.1 Å². The van der Waals surface area contributed by atoms with E-state index >= 15 is 0 Å². The van der Waals surface area contributed by atoms with Crippen LogP contribution in [0.5, 0.6) is 0 Å². The zero-order valence-electron chi connectivity index (χ0n) is 7.93. The van der Waals surface area contributed by atoms with E-state index in [9.17, 15) is 13.2 Å². The van der Waals surface area contributed by atoms with Gasteiger partial charge in [0.1, 0.15) is 0 Å². The summed E-state index contributed by atoms with van der Waals surface area (Å²) in [6.07, 6.45) is -1.50. The first kappa shape index (κ1) is 10.2. The van der Waals surface area contributed by atoms with Crippen molar-refractivity contribution in [3.05, 3.63) is 0 Å². The highest BCUT2D eigenvalue weighted by Gasteiger charge is 2.43. The van der Waals surface area contributed by atoms with E-state index in [1.807, 2.05) is 0 Å². The molecule has 2 nitrogen and oxygen atoms in total. The Morgan fingerprint density at radius 2 is 2.00 bits per heavy atom. The van der Waals surface area contributed by atoms with Crippen molar-refractivity contribution >= 4 is 0 Å². The Hall–Kier alpha value is -0.290. The van der Waals surface area contributed by atoms with Crippen LogP contribution in [0, 0.1) is 5.92 Å². The Morgan fingerprint density at radius 1 is 1.29 bits per heavy atom. The van der Waals surface area contributed by atoms with Crippen LogP contribution in [0.25, 0.3) is 0 Å². The second kappa shape index (κ2) is 3.38. The van der Waals surface area contributed by atoms with Gasteiger partial charge in [-0.05, 0) is 25.2 Å². The summed E-state index contributed by atoms with van der Waals surface area (Å²) in [7, 11) is 0. The van der Waals surface area contributed by atoms with Crippen molar-refractivity contribution in [2.24, 2.45) is 11.7 Å². The van der Waals surface area contributed by atoms with Gasteiger partial charge in [-0.15, -0.1) is 0 Å². The maximum Gasteiger partial charge on any atom is 0.401 e. The van der Waals surface area contributed by atoms with Crippen LogP contribution in [0.3, 0.4) is 0 Å². The van der Waals surface area contributed by atoms with Crippen LogP contribution in [0.1, 0.15) is 19.3 Å². The summed E-state index contributed by atoms with van der Waals surface area (Å²) in [6, 6.07) is 0.242. The van der Waals surface area contributed by atoms with Crippen molar-refractivity contribution in [1.29, 1.82) is 0 Å². The molecule has 2 aliphatic rings. The average molecular weight is 208 g/mol. The summed E-state index contributed by atoms with van der Waals surface area (Å²) in [4.78, 5) is 1.55. The topological polar surface area (TPSA) is 29.3 Å². The molecule has 3 unspecified atom stereocenters. The number of rotatable bonds is 1. The van der Waals surface area contributed by atoms with E-state index in [4.69, 9.17) is 5.73 Å². The summed E-state index contributed by atoms with van der Waals surface area (Å²) in [5.41, 5.74) is 5.83. The molecule has 5 heteroatoms. The molecule has 0 spiro atoms. The lowest BCUT2D eigenvalue weighted by Gasteiger charge is -2.26. The monoisotopic (exact) mass is 208 g/mol. The Bertz CT molecular complexity index is 217. The van der Waals surface area contributed by atoms with Gasteiger partial charge in [0.25, 0.3) is 0 Å². The highest BCUT2D eigenvalue weighted by atomic mass is 19.4. The number of fused-ring (bicyclic) bond motifs is 2. The molecule has 1 saturated carbocycles. The molecule has 2 N–H and O–H groups in total. The number of likely N-dealkylation sites (tertiary alicyclic amines) is 1. The first-order chi connectivity index (χ1) is 6.46.